The van der Waals surface area contributed by atoms with E-state index in [4.69, 9.17) is 61.4 Å². The van der Waals surface area contributed by atoms with Crippen molar-refractivity contribution in [2.45, 2.75) is 363 Å². The van der Waals surface area contributed by atoms with E-state index in [1.54, 1.807) is 7.11 Å². The van der Waals surface area contributed by atoms with Gasteiger partial charge in [0, 0.05) is 60.4 Å². The summed E-state index contributed by atoms with van der Waals surface area (Å²) in [6, 6.07) is 0. The van der Waals surface area contributed by atoms with Crippen LogP contribution < -0.4 is 0 Å². The smallest absolute Gasteiger partial charge is 0.305 e. The van der Waals surface area contributed by atoms with Crippen LogP contribution in [0.5, 0.6) is 0 Å². The van der Waals surface area contributed by atoms with Gasteiger partial charge in [-0.05, 0) is 159 Å². The normalized spacial score (nSPS) is 33.7. The van der Waals surface area contributed by atoms with E-state index in [-0.39, 0.29) is 118 Å². The number of hydrogen-bond acceptors (Lipinski definition) is 21. The van der Waals surface area contributed by atoms with E-state index in [1.165, 1.54) is 109 Å². The molecule has 0 bridgehead atoms. The van der Waals surface area contributed by atoms with E-state index in [0.29, 0.717) is 38.9 Å². The summed E-state index contributed by atoms with van der Waals surface area (Å²) in [6.07, 6.45) is 41.1. The molecule has 6 saturated heterocycles. The number of rotatable bonds is 45. The number of unbranched alkanes of at least 4 members (excludes halogenated alkanes) is 18. The van der Waals surface area contributed by atoms with Gasteiger partial charge in [0.25, 0.3) is 10.1 Å². The van der Waals surface area contributed by atoms with Crippen LogP contribution in [0.15, 0.2) is 34.9 Å². The first-order chi connectivity index (χ1) is 49.6. The van der Waals surface area contributed by atoms with E-state index in [9.17, 15) is 22.8 Å². The van der Waals surface area contributed by atoms with Crippen molar-refractivity contribution in [3.8, 4) is 0 Å². The summed E-state index contributed by atoms with van der Waals surface area (Å²) in [6.45, 7) is 23.4. The number of ether oxygens (including phenoxy) is 14. The molecule has 1 N–H and O–H groups in total. The second-order valence-electron chi connectivity index (χ2n) is 32.4. The number of carbonyl (C=O) groups is 3. The van der Waals surface area contributed by atoms with Gasteiger partial charge in [-0.2, -0.15) is 8.42 Å². The molecule has 18 atom stereocenters. The zero-order valence-electron chi connectivity index (χ0n) is 67.3. The van der Waals surface area contributed by atoms with Crippen molar-refractivity contribution in [3.05, 3.63) is 34.9 Å². The van der Waals surface area contributed by atoms with Gasteiger partial charge in [0.05, 0.1) is 131 Å². The van der Waals surface area contributed by atoms with E-state index in [0.717, 1.165) is 148 Å². The Bertz CT molecular complexity index is 2640. The van der Waals surface area contributed by atoms with E-state index in [1.807, 2.05) is 14.2 Å². The van der Waals surface area contributed by atoms with Gasteiger partial charge in [0.2, 0.25) is 0 Å². The minimum atomic E-state index is -3.54. The van der Waals surface area contributed by atoms with Crippen LogP contribution in [0.25, 0.3) is 0 Å². The Morgan fingerprint density at radius 1 is 0.413 bits per heavy atom. The third kappa shape index (κ3) is 27.8. The summed E-state index contributed by atoms with van der Waals surface area (Å²) in [5.41, 5.74) is 2.74. The second-order valence-corrected chi connectivity index (χ2v) is 34.0. The predicted molar refractivity (Wildman–Crippen MR) is 402 cm³/mol. The molecule has 0 unspecified atom stereocenters. The number of allylic oxidation sites excluding steroid dienone is 3. The molecule has 9 fully saturated rings. The molecule has 0 aromatic rings. The predicted octanol–water partition coefficient (Wildman–Crippen LogP) is 15.1. The molecule has 0 amide bonds. The Balaban J connectivity index is 0.000000227. The van der Waals surface area contributed by atoms with Crippen LogP contribution >= 0.6 is 0 Å². The third-order valence-electron chi connectivity index (χ3n) is 23.4. The van der Waals surface area contributed by atoms with Crippen molar-refractivity contribution < 1.29 is 98.4 Å². The maximum Gasteiger partial charge on any atom is 0.305 e. The number of carbonyl (C=O) groups excluding carboxylic acids is 3. The number of aliphatic hydroxyl groups is 1. The third-order valence-corrected chi connectivity index (χ3v) is 24.0. The topological polar surface area (TPSA) is 264 Å². The number of hydrogen-bond donors (Lipinski definition) is 1. The standard InChI is InChI=1S/2C27H46O6.C17H28O6S.C11H22O3/c2*1-20(2)14-15-22-26(3,33-22)25-24(30-5)21(16-17-27(25)19-32-27)31-18-12-10-8-6-7-9-11-13-23(28)29-4;1-11(2)6-7-13-16(3,22-13)15-14(20-4)12(23-24(5,18)19)8-9-17(15)10-21-17;1-14-11(13)9-7-5-3-2-4-6-8-10-12/h2*14,21-22,24-25H,6-13,15-19H2,1-5H3;6,12-15H,7-10H2,1-5H3;12H,2-10H2,1H3/t2*21-,22-,24-,25-,26+,27+;12-,13+,14+,15+,16-,17-;/m110./s1. The van der Waals surface area contributed by atoms with Gasteiger partial charge in [-0.25, -0.2) is 0 Å². The molecule has 9 aliphatic rings. The molecular weight excluding hydrogens is 1350 g/mol. The lowest BCUT2D eigenvalue weighted by molar-refractivity contribution is -0.141. The van der Waals surface area contributed by atoms with Crippen molar-refractivity contribution in [2.75, 3.05) is 88.6 Å². The molecule has 6 aliphatic heterocycles. The molecule has 3 aliphatic carbocycles. The Kier molecular flexibility index (Phi) is 37.7. The number of methoxy groups -OCH3 is 6. The number of aliphatic hydroxyl groups excluding tert-OH is 1. The Hall–Kier alpha value is -2.94. The van der Waals surface area contributed by atoms with Crippen molar-refractivity contribution in [1.29, 1.82) is 0 Å². The van der Waals surface area contributed by atoms with Gasteiger partial charge in [-0.1, -0.05) is 131 Å². The minimum Gasteiger partial charge on any atom is -0.469 e. The van der Waals surface area contributed by atoms with Crippen molar-refractivity contribution in [3.63, 3.8) is 0 Å². The van der Waals surface area contributed by atoms with Crippen LogP contribution in [0.1, 0.15) is 274 Å². The molecule has 9 rings (SSSR count). The molecule has 0 radical (unpaired) electrons. The summed E-state index contributed by atoms with van der Waals surface area (Å²) < 4.78 is 110. The first-order valence-corrected chi connectivity index (χ1v) is 41.8. The molecule has 0 aromatic carbocycles. The molecule has 22 heteroatoms. The molecule has 104 heavy (non-hydrogen) atoms. The number of epoxide rings is 6. The molecular formula is C82H142O21S. The highest BCUT2D eigenvalue weighted by atomic mass is 32.2. The van der Waals surface area contributed by atoms with Gasteiger partial charge < -0.3 is 71.4 Å². The minimum absolute atomic E-state index is 0.0118. The fourth-order valence-corrected chi connectivity index (χ4v) is 17.7. The van der Waals surface area contributed by atoms with Crippen molar-refractivity contribution in [2.24, 2.45) is 17.8 Å². The van der Waals surface area contributed by atoms with Crippen LogP contribution in [0.4, 0.5) is 0 Å². The van der Waals surface area contributed by atoms with Gasteiger partial charge in [-0.15, -0.1) is 0 Å². The lowest BCUT2D eigenvalue weighted by Gasteiger charge is -2.43. The maximum atomic E-state index is 11.6. The van der Waals surface area contributed by atoms with Crippen LogP contribution in [0.2, 0.25) is 0 Å². The quantitative estimate of drug-likeness (QED) is 0.0148. The van der Waals surface area contributed by atoms with Gasteiger partial charge in [-0.3, -0.25) is 18.6 Å². The first-order valence-electron chi connectivity index (χ1n) is 40.0. The summed E-state index contributed by atoms with van der Waals surface area (Å²) in [5.74, 6) is 0.0903. The first kappa shape index (κ1) is 89.9. The fourth-order valence-electron chi connectivity index (χ4n) is 17.1. The van der Waals surface area contributed by atoms with Crippen LogP contribution in [-0.4, -0.2) is 209 Å². The Morgan fingerprint density at radius 2 is 0.673 bits per heavy atom. The summed E-state index contributed by atoms with van der Waals surface area (Å²) in [4.78, 5) is 33.0. The number of esters is 3. The lowest BCUT2D eigenvalue weighted by Crippen LogP contribution is -2.55. The maximum absolute atomic E-state index is 11.6. The Morgan fingerprint density at radius 3 is 0.923 bits per heavy atom. The monoisotopic (exact) mass is 1490 g/mol. The highest BCUT2D eigenvalue weighted by Crippen LogP contribution is 2.62. The molecule has 3 spiro atoms. The SMILES string of the molecule is COC(=O)CCCCCCCCCO.COC(=O)CCCCCCCCCO[C@@H]1CC[C@]2(CO2)[C@@H]([C@@]2(C)O[C@@H]2CC=C(C)C)[C@@H]1OC.COC(=O)CCCCCCCCCO[C@@H]1CC[C@]2(CO2)[C@@H]([C@@]2(C)O[C@@H]2CC=C(C)C)[C@@H]1OC.CO[C@@H]1[C@@H](OS(C)(=O)=O)CC[C@]2(CO2)[C@H]1[C@@]1(C)O[C@@H]1CC=C(C)C. The van der Waals surface area contributed by atoms with E-state index >= 15 is 0 Å². The highest BCUT2D eigenvalue weighted by molar-refractivity contribution is 7.86. The molecule has 0 aromatic heterocycles. The molecule has 21 nitrogen and oxygen atoms in total. The van der Waals surface area contributed by atoms with Crippen molar-refractivity contribution in [1.82, 2.24) is 0 Å². The average Bonchev–Trinajstić information content (AvgIpc) is 1.55. The van der Waals surface area contributed by atoms with Crippen LogP contribution in [0, 0.1) is 17.8 Å². The lowest BCUT2D eigenvalue weighted by atomic mass is 9.68. The fraction of sp³-hybridized carbons (Fsp3) is 0.890. The zero-order valence-corrected chi connectivity index (χ0v) is 68.1. The van der Waals surface area contributed by atoms with Gasteiger partial charge >= 0.3 is 17.9 Å². The van der Waals surface area contributed by atoms with E-state index < -0.39 is 16.2 Å². The molecule has 3 saturated carbocycles. The zero-order chi connectivity index (χ0) is 76.2. The molecule has 6 heterocycles. The second kappa shape index (κ2) is 43.6. The highest BCUT2D eigenvalue weighted by Gasteiger charge is 2.74. The largest absolute Gasteiger partial charge is 0.469 e. The van der Waals surface area contributed by atoms with Crippen molar-refractivity contribution >= 4 is 28.0 Å². The Labute approximate surface area is 627 Å². The van der Waals surface area contributed by atoms with Crippen LogP contribution in [0.3, 0.4) is 0 Å². The van der Waals surface area contributed by atoms with Gasteiger partial charge in [0.1, 0.15) is 22.9 Å². The van der Waals surface area contributed by atoms with Crippen LogP contribution in [-0.2, 0) is 95.0 Å². The average molecular weight is 1500 g/mol. The molecule has 602 valence electrons. The summed E-state index contributed by atoms with van der Waals surface area (Å²) in [7, 11) is 6.02. The summed E-state index contributed by atoms with van der Waals surface area (Å²) >= 11 is 0. The van der Waals surface area contributed by atoms with E-state index in [2.05, 4.69) is 94.8 Å². The summed E-state index contributed by atoms with van der Waals surface area (Å²) in [5, 5.41) is 8.54. The van der Waals surface area contributed by atoms with Gasteiger partial charge in [0.15, 0.2) is 0 Å².